The van der Waals surface area contributed by atoms with E-state index in [1.165, 1.54) is 0 Å². The number of hydrogen-bond donors (Lipinski definition) is 3. The van der Waals surface area contributed by atoms with Gasteiger partial charge < -0.3 is 15.4 Å². The van der Waals surface area contributed by atoms with Crippen molar-refractivity contribution >= 4 is 22.8 Å². The van der Waals surface area contributed by atoms with E-state index in [0.29, 0.717) is 12.8 Å². The van der Waals surface area contributed by atoms with E-state index in [4.69, 9.17) is 0 Å². The number of H-pyrrole nitrogens is 1. The number of carbonyl (C=O) groups is 2. The number of para-hydroxylation sites is 1. The summed E-state index contributed by atoms with van der Waals surface area (Å²) in [5.41, 5.74) is 1.84. The molecular formula is C31H40N2O3. The number of hydrogen-bond acceptors (Lipinski definition) is 2. The first-order valence-electron chi connectivity index (χ1n) is 12.9. The summed E-state index contributed by atoms with van der Waals surface area (Å²) in [6.07, 6.45) is 30.3. The average Bonchev–Trinajstić information content (AvgIpc) is 3.28. The van der Waals surface area contributed by atoms with Crippen molar-refractivity contribution in [2.45, 2.75) is 70.8 Å². The van der Waals surface area contributed by atoms with Gasteiger partial charge in [-0.15, -0.1) is 0 Å². The summed E-state index contributed by atoms with van der Waals surface area (Å²) in [6, 6.07) is 6.80. The second-order valence-corrected chi connectivity index (χ2v) is 8.62. The second-order valence-electron chi connectivity index (χ2n) is 8.62. The maximum atomic E-state index is 12.3. The Hall–Kier alpha value is -3.60. The molecular weight excluding hydrogens is 448 g/mol. The molecule has 1 heterocycles. The first kappa shape index (κ1) is 28.6. The molecule has 0 bridgehead atoms. The van der Waals surface area contributed by atoms with Crippen LogP contribution in [0.2, 0.25) is 0 Å². The number of aromatic nitrogens is 1. The fourth-order valence-corrected chi connectivity index (χ4v) is 3.74. The lowest BCUT2D eigenvalue weighted by Crippen LogP contribution is -2.42. The maximum Gasteiger partial charge on any atom is 0.326 e. The molecule has 0 aliphatic heterocycles. The van der Waals surface area contributed by atoms with Crippen molar-refractivity contribution in [3.05, 3.63) is 96.8 Å². The van der Waals surface area contributed by atoms with Gasteiger partial charge in [-0.2, -0.15) is 0 Å². The van der Waals surface area contributed by atoms with Crippen LogP contribution in [0.15, 0.2) is 91.2 Å². The Morgan fingerprint density at radius 3 is 2.08 bits per heavy atom. The van der Waals surface area contributed by atoms with Crippen molar-refractivity contribution in [3.63, 3.8) is 0 Å². The lowest BCUT2D eigenvalue weighted by Gasteiger charge is -2.14. The Balaban J connectivity index is 1.58. The highest BCUT2D eigenvalue weighted by molar-refractivity contribution is 5.86. The quantitative estimate of drug-likeness (QED) is 0.163. The van der Waals surface area contributed by atoms with Crippen molar-refractivity contribution < 1.29 is 14.7 Å². The molecule has 0 fully saturated rings. The molecule has 1 aromatic carbocycles. The third-order valence-corrected chi connectivity index (χ3v) is 5.66. The second kappa shape index (κ2) is 17.8. The predicted molar refractivity (Wildman–Crippen MR) is 150 cm³/mol. The molecule has 1 unspecified atom stereocenters. The highest BCUT2D eigenvalue weighted by Gasteiger charge is 2.21. The third-order valence-electron chi connectivity index (χ3n) is 5.66. The topological polar surface area (TPSA) is 82.2 Å². The summed E-state index contributed by atoms with van der Waals surface area (Å²) in [5.74, 6) is -1.25. The number of unbranched alkanes of at least 4 members (excludes halogenated alkanes) is 1. The van der Waals surface area contributed by atoms with E-state index in [0.717, 1.165) is 55.0 Å². The molecule has 0 aliphatic rings. The molecule has 1 atom stereocenters. The molecule has 0 saturated carbocycles. The van der Waals surface area contributed by atoms with Gasteiger partial charge in [-0.05, 0) is 56.6 Å². The van der Waals surface area contributed by atoms with E-state index in [1.807, 2.05) is 30.5 Å². The van der Waals surface area contributed by atoms with E-state index < -0.39 is 12.0 Å². The average molecular weight is 489 g/mol. The smallest absolute Gasteiger partial charge is 0.326 e. The summed E-state index contributed by atoms with van der Waals surface area (Å²) in [6.45, 7) is 2.14. The summed E-state index contributed by atoms with van der Waals surface area (Å²) in [5, 5.41) is 13.2. The Bertz CT molecular complexity index is 1070. The summed E-state index contributed by atoms with van der Waals surface area (Å²) < 4.78 is 0. The molecule has 1 amide bonds. The largest absolute Gasteiger partial charge is 0.480 e. The van der Waals surface area contributed by atoms with Gasteiger partial charge in [0, 0.05) is 29.9 Å². The highest BCUT2D eigenvalue weighted by atomic mass is 16.4. The Labute approximate surface area is 215 Å². The van der Waals surface area contributed by atoms with Gasteiger partial charge in [-0.25, -0.2) is 4.79 Å². The number of carbonyl (C=O) groups excluding carboxylic acids is 1. The lowest BCUT2D eigenvalue weighted by atomic mass is 10.0. The molecule has 0 saturated heterocycles. The molecule has 3 N–H and O–H groups in total. The Morgan fingerprint density at radius 1 is 0.889 bits per heavy atom. The van der Waals surface area contributed by atoms with Crippen LogP contribution >= 0.6 is 0 Å². The number of carboxylic acid groups (broad SMARTS) is 1. The molecule has 5 heteroatoms. The van der Waals surface area contributed by atoms with Crippen LogP contribution in [0.3, 0.4) is 0 Å². The van der Waals surface area contributed by atoms with Crippen LogP contribution in [-0.2, 0) is 16.0 Å². The van der Waals surface area contributed by atoms with Gasteiger partial charge in [-0.3, -0.25) is 4.79 Å². The van der Waals surface area contributed by atoms with Crippen molar-refractivity contribution in [1.29, 1.82) is 0 Å². The number of nitrogens with one attached hydrogen (secondary N) is 2. The highest BCUT2D eigenvalue weighted by Crippen LogP contribution is 2.19. The van der Waals surface area contributed by atoms with Crippen LogP contribution in [0.4, 0.5) is 0 Å². The minimum absolute atomic E-state index is 0.227. The van der Waals surface area contributed by atoms with Crippen LogP contribution in [0.1, 0.15) is 63.9 Å². The zero-order valence-corrected chi connectivity index (χ0v) is 21.4. The van der Waals surface area contributed by atoms with E-state index in [1.54, 1.807) is 0 Å². The molecule has 36 heavy (non-hydrogen) atoms. The molecule has 192 valence electrons. The Kier molecular flexibility index (Phi) is 14.1. The van der Waals surface area contributed by atoms with Crippen molar-refractivity contribution in [2.24, 2.45) is 0 Å². The molecule has 2 rings (SSSR count). The van der Waals surface area contributed by atoms with Gasteiger partial charge in [0.25, 0.3) is 0 Å². The number of rotatable bonds is 17. The van der Waals surface area contributed by atoms with Gasteiger partial charge in [0.2, 0.25) is 5.91 Å². The number of aromatic amines is 1. The maximum absolute atomic E-state index is 12.3. The minimum atomic E-state index is -1.02. The summed E-state index contributed by atoms with van der Waals surface area (Å²) >= 11 is 0. The van der Waals surface area contributed by atoms with E-state index >= 15 is 0 Å². The number of allylic oxidation sites excluding steroid dienone is 10. The Morgan fingerprint density at radius 2 is 1.47 bits per heavy atom. The van der Waals surface area contributed by atoms with Crippen LogP contribution in [0.5, 0.6) is 0 Å². The number of aliphatic carboxylic acids is 1. The number of amides is 1. The van der Waals surface area contributed by atoms with Crippen molar-refractivity contribution in [3.8, 4) is 0 Å². The number of fused-ring (bicyclic) bond motifs is 1. The first-order chi connectivity index (χ1) is 17.6. The first-order valence-corrected chi connectivity index (χ1v) is 12.9. The molecule has 1 aromatic heterocycles. The molecule has 0 spiro atoms. The van der Waals surface area contributed by atoms with Crippen LogP contribution < -0.4 is 5.32 Å². The summed E-state index contributed by atoms with van der Waals surface area (Å²) in [4.78, 5) is 27.1. The molecule has 2 aromatic rings. The number of carboxylic acids is 1. The predicted octanol–water partition coefficient (Wildman–Crippen LogP) is 7.20. The van der Waals surface area contributed by atoms with Crippen molar-refractivity contribution in [2.75, 3.05) is 0 Å². The molecule has 5 nitrogen and oxygen atoms in total. The SMILES string of the molecule is CC/C=C/C/C=C/C/C=C/C/C=C/C/C=C/CCCC(=O)NC(Cc1c[nH]c2ccccc12)C(=O)O. The normalized spacial score (nSPS) is 13.2. The standard InChI is InChI=1S/C31H40N2O3/c1-2-3-4-5-6-7-8-9-10-11-12-13-14-15-16-17-18-23-30(34)33-29(31(35)36)24-26-25-32-28-22-20-19-21-27(26)28/h3-4,6-7,9-10,12-13,15-16,19-22,25,29,32H,2,5,8,11,14,17-18,23-24H2,1H3,(H,33,34)(H,35,36)/b4-3+,7-6+,10-9+,13-12+,16-15+. The van der Waals surface area contributed by atoms with E-state index in [2.05, 4.69) is 78.0 Å². The van der Waals surface area contributed by atoms with Gasteiger partial charge in [0.05, 0.1) is 0 Å². The lowest BCUT2D eigenvalue weighted by molar-refractivity contribution is -0.141. The summed E-state index contributed by atoms with van der Waals surface area (Å²) in [7, 11) is 0. The van der Waals surface area contributed by atoms with Gasteiger partial charge >= 0.3 is 5.97 Å². The molecule has 0 radical (unpaired) electrons. The third kappa shape index (κ3) is 11.7. The van der Waals surface area contributed by atoms with Crippen molar-refractivity contribution in [1.82, 2.24) is 10.3 Å². The van der Waals surface area contributed by atoms with Gasteiger partial charge in [0.1, 0.15) is 6.04 Å². The monoisotopic (exact) mass is 488 g/mol. The van der Waals surface area contributed by atoms with Crippen LogP contribution in [0.25, 0.3) is 10.9 Å². The zero-order valence-electron chi connectivity index (χ0n) is 21.4. The molecule has 0 aliphatic carbocycles. The number of benzene rings is 1. The van der Waals surface area contributed by atoms with E-state index in [9.17, 15) is 14.7 Å². The van der Waals surface area contributed by atoms with Gasteiger partial charge in [0.15, 0.2) is 0 Å². The minimum Gasteiger partial charge on any atom is -0.480 e. The zero-order chi connectivity index (χ0) is 25.8. The fourth-order valence-electron chi connectivity index (χ4n) is 3.74. The van der Waals surface area contributed by atoms with E-state index in [-0.39, 0.29) is 12.3 Å². The van der Waals surface area contributed by atoms with Crippen LogP contribution in [0, 0.1) is 0 Å². The fraction of sp³-hybridized carbons (Fsp3) is 0.355. The van der Waals surface area contributed by atoms with Gasteiger partial charge in [-0.1, -0.05) is 85.9 Å². The van der Waals surface area contributed by atoms with Crippen LogP contribution in [-0.4, -0.2) is 28.0 Å².